The molecule has 1 aliphatic carbocycles. The van der Waals surface area contributed by atoms with E-state index in [1.807, 2.05) is 39.0 Å². The molecule has 0 saturated carbocycles. The van der Waals surface area contributed by atoms with Crippen LogP contribution in [0.1, 0.15) is 57.2 Å². The van der Waals surface area contributed by atoms with Gasteiger partial charge in [-0.3, -0.25) is 9.69 Å². The van der Waals surface area contributed by atoms with Gasteiger partial charge in [0.25, 0.3) is 0 Å². The van der Waals surface area contributed by atoms with Gasteiger partial charge in [0.2, 0.25) is 5.91 Å². The molecule has 1 N–H and O–H groups in total. The maximum Gasteiger partial charge on any atom is 0.410 e. The number of nitrogens with one attached hydrogen (secondary N) is 1. The molecule has 2 aliphatic rings. The molecule has 6 heteroatoms. The zero-order chi connectivity index (χ0) is 18.2. The van der Waals surface area contributed by atoms with E-state index < -0.39 is 17.7 Å². The second-order valence-electron chi connectivity index (χ2n) is 7.77. The molecule has 1 heterocycles. The molecule has 1 aliphatic heterocycles. The number of halogens is 1. The summed E-state index contributed by atoms with van der Waals surface area (Å²) in [5.74, 6) is -0.101. The molecule has 2 unspecified atom stereocenters. The molecule has 25 heavy (non-hydrogen) atoms. The lowest BCUT2D eigenvalue weighted by Crippen LogP contribution is -2.48. The number of nitrogens with zero attached hydrogens (tertiary/aromatic N) is 1. The first kappa shape index (κ1) is 18.1. The highest BCUT2D eigenvalue weighted by Crippen LogP contribution is 2.33. The third-order valence-electron chi connectivity index (χ3n) is 4.68. The van der Waals surface area contributed by atoms with E-state index in [1.165, 1.54) is 5.56 Å². The van der Waals surface area contributed by atoms with Crippen LogP contribution in [0.5, 0.6) is 0 Å². The van der Waals surface area contributed by atoms with Crippen molar-refractivity contribution in [3.8, 4) is 0 Å². The van der Waals surface area contributed by atoms with Crippen molar-refractivity contribution in [2.75, 3.05) is 6.54 Å². The normalized spacial score (nSPS) is 22.6. The van der Waals surface area contributed by atoms with Crippen LogP contribution in [0.3, 0.4) is 0 Å². The lowest BCUT2D eigenvalue weighted by molar-refractivity contribution is -0.126. The summed E-state index contributed by atoms with van der Waals surface area (Å²) in [4.78, 5) is 26.7. The Balaban J connectivity index is 1.66. The molecule has 1 saturated heterocycles. The molecule has 1 aromatic carbocycles. The van der Waals surface area contributed by atoms with Gasteiger partial charge in [-0.05, 0) is 69.7 Å². The largest absolute Gasteiger partial charge is 0.444 e. The first-order valence-corrected chi connectivity index (χ1v) is 9.21. The standard InChI is InChI=1S/C19H25ClN2O3/c1-19(2,3)25-18(24)22-10-4-5-16(22)17(23)21-15-9-6-12-11-13(20)7-8-14(12)15/h7-8,11,15-16H,4-6,9-10H2,1-3H3,(H,21,23). The van der Waals surface area contributed by atoms with Gasteiger partial charge in [-0.2, -0.15) is 0 Å². The fourth-order valence-electron chi connectivity index (χ4n) is 3.58. The topological polar surface area (TPSA) is 58.6 Å². The van der Waals surface area contributed by atoms with Crippen molar-refractivity contribution in [1.82, 2.24) is 10.2 Å². The Hall–Kier alpha value is -1.75. The van der Waals surface area contributed by atoms with Gasteiger partial charge in [0.1, 0.15) is 11.6 Å². The lowest BCUT2D eigenvalue weighted by Gasteiger charge is -2.28. The van der Waals surface area contributed by atoms with Crippen LogP contribution in [-0.4, -0.2) is 35.1 Å². The zero-order valence-electron chi connectivity index (χ0n) is 15.0. The van der Waals surface area contributed by atoms with Crippen LogP contribution in [0.2, 0.25) is 5.02 Å². The number of hydrogen-bond donors (Lipinski definition) is 1. The molecule has 0 radical (unpaired) electrons. The fourth-order valence-corrected chi connectivity index (χ4v) is 3.78. The third kappa shape index (κ3) is 4.09. The summed E-state index contributed by atoms with van der Waals surface area (Å²) in [6, 6.07) is 5.33. The van der Waals surface area contributed by atoms with E-state index >= 15 is 0 Å². The predicted octanol–water partition coefficient (Wildman–Crippen LogP) is 3.84. The Kier molecular flexibility index (Phi) is 4.96. The highest BCUT2D eigenvalue weighted by atomic mass is 35.5. The van der Waals surface area contributed by atoms with Crippen molar-refractivity contribution in [1.29, 1.82) is 0 Å². The van der Waals surface area contributed by atoms with E-state index in [0.29, 0.717) is 13.0 Å². The summed E-state index contributed by atoms with van der Waals surface area (Å²) in [6.45, 7) is 6.05. The third-order valence-corrected chi connectivity index (χ3v) is 4.92. The molecule has 136 valence electrons. The summed E-state index contributed by atoms with van der Waals surface area (Å²) >= 11 is 6.04. The van der Waals surface area contributed by atoms with Crippen LogP contribution in [0.25, 0.3) is 0 Å². The highest BCUT2D eigenvalue weighted by Gasteiger charge is 2.38. The van der Waals surface area contributed by atoms with Gasteiger partial charge in [0, 0.05) is 11.6 Å². The molecule has 0 aromatic heterocycles. The summed E-state index contributed by atoms with van der Waals surface area (Å²) in [7, 11) is 0. The molecule has 1 aromatic rings. The maximum absolute atomic E-state index is 12.8. The number of rotatable bonds is 2. The van der Waals surface area contributed by atoms with Crippen molar-refractivity contribution in [3.63, 3.8) is 0 Å². The Morgan fingerprint density at radius 2 is 2.04 bits per heavy atom. The number of aryl methyl sites for hydroxylation is 1. The van der Waals surface area contributed by atoms with Crippen LogP contribution < -0.4 is 5.32 Å². The number of amides is 2. The Morgan fingerprint density at radius 3 is 2.76 bits per heavy atom. The Morgan fingerprint density at radius 1 is 1.28 bits per heavy atom. The SMILES string of the molecule is CC(C)(C)OC(=O)N1CCCC1C(=O)NC1CCc2cc(Cl)ccc21. The van der Waals surface area contributed by atoms with Crippen LogP contribution >= 0.6 is 11.6 Å². The van der Waals surface area contributed by atoms with Crippen LogP contribution in [0.4, 0.5) is 4.79 Å². The predicted molar refractivity (Wildman–Crippen MR) is 96.6 cm³/mol. The quantitative estimate of drug-likeness (QED) is 0.867. The van der Waals surface area contributed by atoms with Gasteiger partial charge in [-0.1, -0.05) is 17.7 Å². The van der Waals surface area contributed by atoms with Crippen molar-refractivity contribution < 1.29 is 14.3 Å². The van der Waals surface area contributed by atoms with Crippen molar-refractivity contribution in [2.24, 2.45) is 0 Å². The summed E-state index contributed by atoms with van der Waals surface area (Å²) in [5, 5.41) is 3.83. The van der Waals surface area contributed by atoms with Crippen LogP contribution in [0.15, 0.2) is 18.2 Å². The molecular weight excluding hydrogens is 340 g/mol. The van der Waals surface area contributed by atoms with E-state index in [1.54, 1.807) is 4.90 Å². The van der Waals surface area contributed by atoms with Gasteiger partial charge >= 0.3 is 6.09 Å². The number of carbonyl (C=O) groups excluding carboxylic acids is 2. The number of fused-ring (bicyclic) bond motifs is 1. The van der Waals surface area contributed by atoms with Gasteiger partial charge < -0.3 is 10.1 Å². The molecule has 2 atom stereocenters. The molecule has 3 rings (SSSR count). The number of benzene rings is 1. The van der Waals surface area contributed by atoms with Gasteiger partial charge in [0.05, 0.1) is 6.04 Å². The molecule has 2 amide bonds. The number of hydrogen-bond acceptors (Lipinski definition) is 3. The van der Waals surface area contributed by atoms with Crippen LogP contribution in [-0.2, 0) is 16.0 Å². The number of likely N-dealkylation sites (tertiary alicyclic amines) is 1. The monoisotopic (exact) mass is 364 g/mol. The van der Waals surface area contributed by atoms with E-state index in [2.05, 4.69) is 5.32 Å². The summed E-state index contributed by atoms with van der Waals surface area (Å²) in [6.07, 6.45) is 2.84. The zero-order valence-corrected chi connectivity index (χ0v) is 15.7. The van der Waals surface area contributed by atoms with E-state index in [0.717, 1.165) is 29.8 Å². The Bertz CT molecular complexity index is 684. The minimum atomic E-state index is -0.565. The number of carbonyl (C=O) groups is 2. The van der Waals surface area contributed by atoms with Crippen LogP contribution in [0, 0.1) is 0 Å². The average molecular weight is 365 g/mol. The van der Waals surface area contributed by atoms with Gasteiger partial charge in [-0.15, -0.1) is 0 Å². The first-order valence-electron chi connectivity index (χ1n) is 8.83. The maximum atomic E-state index is 12.8. The second-order valence-corrected chi connectivity index (χ2v) is 8.21. The molecule has 0 spiro atoms. The van der Waals surface area contributed by atoms with Crippen molar-refractivity contribution in [3.05, 3.63) is 34.3 Å². The molecule has 1 fully saturated rings. The minimum Gasteiger partial charge on any atom is -0.444 e. The van der Waals surface area contributed by atoms with Crippen molar-refractivity contribution >= 4 is 23.6 Å². The summed E-state index contributed by atoms with van der Waals surface area (Å²) in [5.41, 5.74) is 1.75. The highest BCUT2D eigenvalue weighted by molar-refractivity contribution is 6.30. The number of ether oxygens (including phenoxy) is 1. The van der Waals surface area contributed by atoms with E-state index in [9.17, 15) is 9.59 Å². The lowest BCUT2D eigenvalue weighted by atomic mass is 10.1. The van der Waals surface area contributed by atoms with E-state index in [-0.39, 0.29) is 11.9 Å². The minimum absolute atomic E-state index is 0.0131. The summed E-state index contributed by atoms with van der Waals surface area (Å²) < 4.78 is 5.43. The van der Waals surface area contributed by atoms with Crippen molar-refractivity contribution in [2.45, 2.75) is 64.1 Å². The average Bonchev–Trinajstić information content (AvgIpc) is 3.12. The smallest absolute Gasteiger partial charge is 0.410 e. The molecule has 0 bridgehead atoms. The van der Waals surface area contributed by atoms with Gasteiger partial charge in [-0.25, -0.2) is 4.79 Å². The molecular formula is C19H25ClN2O3. The van der Waals surface area contributed by atoms with E-state index in [4.69, 9.17) is 16.3 Å². The Labute approximate surface area is 153 Å². The molecule has 5 nitrogen and oxygen atoms in total. The van der Waals surface area contributed by atoms with Gasteiger partial charge in [0.15, 0.2) is 0 Å². The first-order chi connectivity index (χ1) is 11.7. The second kappa shape index (κ2) is 6.87. The fraction of sp³-hybridized carbons (Fsp3) is 0.579.